The van der Waals surface area contributed by atoms with Crippen LogP contribution in [0.25, 0.3) is 0 Å². The molecule has 0 saturated carbocycles. The first-order chi connectivity index (χ1) is 5.33. The van der Waals surface area contributed by atoms with Crippen LogP contribution >= 0.6 is 0 Å². The van der Waals surface area contributed by atoms with Crippen molar-refractivity contribution in [3.05, 3.63) is 30.3 Å². The van der Waals surface area contributed by atoms with Crippen LogP contribution in [0.4, 0.5) is 0 Å². The molecule has 12 heavy (non-hydrogen) atoms. The van der Waals surface area contributed by atoms with Gasteiger partial charge in [0, 0.05) is 0 Å². The van der Waals surface area contributed by atoms with Crippen LogP contribution in [0, 0.1) is 0 Å². The van der Waals surface area contributed by atoms with Crippen molar-refractivity contribution in [2.24, 2.45) is 0 Å². The molecule has 3 heteroatoms. The van der Waals surface area contributed by atoms with Crippen LogP contribution < -0.4 is 10.2 Å². The molecule has 0 unspecified atom stereocenters. The summed E-state index contributed by atoms with van der Waals surface area (Å²) in [6, 6.07) is 10.0. The molecule has 0 aliphatic heterocycles. The largest absolute Gasteiger partial charge is 3.00 e. The first-order valence-corrected chi connectivity index (χ1v) is 3.66. The normalized spacial score (nSPS) is 6.33. The zero-order valence-corrected chi connectivity index (χ0v) is 10.1. The van der Waals surface area contributed by atoms with E-state index in [0.29, 0.717) is 0 Å². The van der Waals surface area contributed by atoms with Crippen molar-refractivity contribution in [3.63, 3.8) is 0 Å². The third-order valence-electron chi connectivity index (χ3n) is 0.556. The zero-order chi connectivity index (χ0) is 8.95. The molecule has 1 aromatic rings. The molecule has 0 aromatic heterocycles. The fourth-order valence-corrected chi connectivity index (χ4v) is 0.321. The topological polar surface area (TPSA) is 46.1 Å². The van der Waals surface area contributed by atoms with Crippen LogP contribution in [-0.2, 0) is 26.2 Å². The third-order valence-corrected chi connectivity index (χ3v) is 0.556. The summed E-state index contributed by atoms with van der Waals surface area (Å²) >= 11 is 0. The van der Waals surface area contributed by atoms with E-state index in [2.05, 4.69) is 0 Å². The van der Waals surface area contributed by atoms with Gasteiger partial charge in [0.2, 0.25) is 0 Å². The van der Waals surface area contributed by atoms with Crippen LogP contribution in [-0.4, -0.2) is 13.2 Å². The summed E-state index contributed by atoms with van der Waals surface area (Å²) in [4.78, 5) is 0. The Balaban J connectivity index is -0.000000104. The molecular formula is C9H15O2Zr. The molecule has 0 aliphatic rings. The van der Waals surface area contributed by atoms with E-state index in [-0.39, 0.29) is 39.4 Å². The van der Waals surface area contributed by atoms with E-state index in [1.807, 2.05) is 30.3 Å². The van der Waals surface area contributed by atoms with Gasteiger partial charge in [-0.25, -0.2) is 12.1 Å². The van der Waals surface area contributed by atoms with Crippen molar-refractivity contribution in [1.82, 2.24) is 0 Å². The smallest absolute Gasteiger partial charge is 0.855 e. The second kappa shape index (κ2) is 22.5. The van der Waals surface area contributed by atoms with E-state index < -0.39 is 0 Å². The van der Waals surface area contributed by atoms with E-state index in [4.69, 9.17) is 10.2 Å². The maximum atomic E-state index is 8.93. The Bertz CT molecular complexity index is 88.1. The molecule has 0 fully saturated rings. The molecule has 0 N–H and O–H groups in total. The summed E-state index contributed by atoms with van der Waals surface area (Å²) in [5, 5.41) is 17.9. The van der Waals surface area contributed by atoms with Gasteiger partial charge in [0.05, 0.1) is 0 Å². The van der Waals surface area contributed by atoms with Crippen molar-refractivity contribution < 1.29 is 36.4 Å². The van der Waals surface area contributed by atoms with Gasteiger partial charge in [-0.1, -0.05) is 13.8 Å². The van der Waals surface area contributed by atoms with Gasteiger partial charge in [0.1, 0.15) is 0 Å². The monoisotopic (exact) mass is 245 g/mol. The minimum absolute atomic E-state index is 0. The van der Waals surface area contributed by atoms with Crippen molar-refractivity contribution in [2.75, 3.05) is 13.2 Å². The molecule has 67 valence electrons. The Morgan fingerprint density at radius 2 is 1.25 bits per heavy atom. The van der Waals surface area contributed by atoms with Crippen LogP contribution in [0.2, 0.25) is 0 Å². The summed E-state index contributed by atoms with van der Waals surface area (Å²) in [6.07, 6.45) is 0. The Kier molecular flexibility index (Phi) is 33.8. The van der Waals surface area contributed by atoms with Crippen LogP contribution in [0.15, 0.2) is 30.3 Å². The van der Waals surface area contributed by atoms with Crippen molar-refractivity contribution in [3.8, 4) is 0 Å². The minimum atomic E-state index is 0. The second-order valence-corrected chi connectivity index (χ2v) is 1.54. The molecule has 0 heterocycles. The predicted octanol–water partition coefficient (Wildman–Crippen LogP) is 0.136. The van der Waals surface area contributed by atoms with Gasteiger partial charge >= 0.3 is 26.2 Å². The van der Waals surface area contributed by atoms with E-state index >= 15 is 0 Å². The van der Waals surface area contributed by atoms with E-state index in [1.165, 1.54) is 0 Å². The standard InChI is InChI=1S/C5H5.2C2H5O.Zr/c1-2-4-5-3-1;2*1-2-3;/h1-5H;2*2H2,1H3;/q3*-1;+3. The summed E-state index contributed by atoms with van der Waals surface area (Å²) < 4.78 is 0. The second-order valence-electron chi connectivity index (χ2n) is 1.54. The van der Waals surface area contributed by atoms with E-state index in [0.717, 1.165) is 0 Å². The van der Waals surface area contributed by atoms with Crippen molar-refractivity contribution in [2.45, 2.75) is 13.8 Å². The number of hydrogen-bond acceptors (Lipinski definition) is 2. The third kappa shape index (κ3) is 32.0. The fraction of sp³-hybridized carbons (Fsp3) is 0.444. The minimum Gasteiger partial charge on any atom is -0.855 e. The first kappa shape index (κ1) is 18.0. The van der Waals surface area contributed by atoms with Gasteiger partial charge in [-0.05, 0) is 0 Å². The maximum Gasteiger partial charge on any atom is 3.00 e. The Morgan fingerprint density at radius 1 is 1.00 bits per heavy atom. The average Bonchev–Trinajstić information content (AvgIpc) is 2.44. The Hall–Kier alpha value is 0.153. The SMILES string of the molecule is CC[O-].CC[O-].[Zr+3].c1cc[cH-]c1. The predicted molar refractivity (Wildman–Crippen MR) is 43.1 cm³/mol. The molecular weight excluding hydrogens is 231 g/mol. The van der Waals surface area contributed by atoms with Gasteiger partial charge in [-0.3, -0.25) is 0 Å². The molecule has 0 amide bonds. The van der Waals surface area contributed by atoms with Crippen molar-refractivity contribution >= 4 is 0 Å². The molecule has 0 atom stereocenters. The average molecular weight is 246 g/mol. The number of hydrogen-bond donors (Lipinski definition) is 0. The molecule has 0 saturated heterocycles. The van der Waals surface area contributed by atoms with Crippen LogP contribution in [0.1, 0.15) is 13.8 Å². The Labute approximate surface area is 93.7 Å². The zero-order valence-electron chi connectivity index (χ0n) is 7.62. The molecule has 0 aliphatic carbocycles. The summed E-state index contributed by atoms with van der Waals surface area (Å²) in [7, 11) is 0. The quantitative estimate of drug-likeness (QED) is 0.611. The van der Waals surface area contributed by atoms with Gasteiger partial charge in [0.25, 0.3) is 0 Å². The van der Waals surface area contributed by atoms with Gasteiger partial charge in [-0.15, -0.1) is 13.2 Å². The molecule has 2 nitrogen and oxygen atoms in total. The molecule has 1 rings (SSSR count). The fourth-order valence-electron chi connectivity index (χ4n) is 0.321. The van der Waals surface area contributed by atoms with Gasteiger partial charge in [0.15, 0.2) is 0 Å². The van der Waals surface area contributed by atoms with E-state index in [1.54, 1.807) is 13.8 Å². The molecule has 1 radical (unpaired) electrons. The van der Waals surface area contributed by atoms with Crippen LogP contribution in [0.3, 0.4) is 0 Å². The molecule has 1 aromatic carbocycles. The van der Waals surface area contributed by atoms with Gasteiger partial charge < -0.3 is 10.2 Å². The summed E-state index contributed by atoms with van der Waals surface area (Å²) in [5.74, 6) is 0. The first-order valence-electron chi connectivity index (χ1n) is 3.66. The molecule has 0 bridgehead atoms. The summed E-state index contributed by atoms with van der Waals surface area (Å²) in [6.45, 7) is 3.14. The van der Waals surface area contributed by atoms with E-state index in [9.17, 15) is 0 Å². The van der Waals surface area contributed by atoms with Gasteiger partial charge in [-0.2, -0.15) is 18.2 Å². The maximum absolute atomic E-state index is 8.93. The number of rotatable bonds is 0. The molecule has 0 spiro atoms. The summed E-state index contributed by atoms with van der Waals surface area (Å²) in [5.41, 5.74) is 0. The Morgan fingerprint density at radius 3 is 1.33 bits per heavy atom. The van der Waals surface area contributed by atoms with Crippen LogP contribution in [0.5, 0.6) is 0 Å². The van der Waals surface area contributed by atoms with Crippen molar-refractivity contribution in [1.29, 1.82) is 0 Å².